The van der Waals surface area contributed by atoms with Crippen molar-refractivity contribution in [3.8, 4) is 17.6 Å². The topological polar surface area (TPSA) is 75.8 Å². The van der Waals surface area contributed by atoms with E-state index in [1.165, 1.54) is 0 Å². The zero-order valence-corrected chi connectivity index (χ0v) is 12.4. The minimum Gasteiger partial charge on any atom is -0.490 e. The lowest BCUT2D eigenvalue weighted by Gasteiger charge is -2.32. The second kappa shape index (κ2) is 6.70. The number of halogens is 1. The number of carbonyl (C=O) groups excluding carboxylic acids is 1. The summed E-state index contributed by atoms with van der Waals surface area (Å²) >= 11 is 5.81. The van der Waals surface area contributed by atoms with Crippen molar-refractivity contribution in [2.24, 2.45) is 11.7 Å². The lowest BCUT2D eigenvalue weighted by molar-refractivity contribution is -0.0537. The number of primary amides is 1. The molecule has 0 saturated heterocycles. The monoisotopic (exact) mass is 308 g/mol. The molecule has 0 bridgehead atoms. The summed E-state index contributed by atoms with van der Waals surface area (Å²) in [7, 11) is 0. The SMILES string of the molecule is CC(C#C[C@H]1C[C@@H](Oc2ccc(Cl)cc2)C1)N(O)C(N)=O. The van der Waals surface area contributed by atoms with Crippen LogP contribution in [-0.2, 0) is 0 Å². The van der Waals surface area contributed by atoms with Crippen LogP contribution in [-0.4, -0.2) is 28.4 Å². The number of carbonyl (C=O) groups is 1. The van der Waals surface area contributed by atoms with Crippen LogP contribution < -0.4 is 10.5 Å². The number of urea groups is 1. The zero-order valence-electron chi connectivity index (χ0n) is 11.6. The molecule has 1 aromatic rings. The van der Waals surface area contributed by atoms with Gasteiger partial charge in [-0.15, -0.1) is 0 Å². The van der Waals surface area contributed by atoms with Crippen LogP contribution in [0.15, 0.2) is 24.3 Å². The number of rotatable bonds is 3. The maximum absolute atomic E-state index is 10.7. The Morgan fingerprint density at radius 2 is 2.10 bits per heavy atom. The summed E-state index contributed by atoms with van der Waals surface area (Å²) in [5, 5.41) is 10.4. The molecule has 6 heteroatoms. The molecule has 5 nitrogen and oxygen atoms in total. The second-order valence-electron chi connectivity index (χ2n) is 5.01. The Bertz CT molecular complexity index is 559. The molecule has 1 saturated carbocycles. The van der Waals surface area contributed by atoms with Crippen LogP contribution in [0.25, 0.3) is 0 Å². The highest BCUT2D eigenvalue weighted by molar-refractivity contribution is 6.30. The zero-order chi connectivity index (χ0) is 15.4. The Labute approximate surface area is 128 Å². The molecule has 1 aliphatic rings. The van der Waals surface area contributed by atoms with Crippen molar-refractivity contribution in [3.05, 3.63) is 29.3 Å². The first-order valence-corrected chi connectivity index (χ1v) is 7.04. The molecule has 1 atom stereocenters. The summed E-state index contributed by atoms with van der Waals surface area (Å²) in [5.74, 6) is 6.83. The maximum atomic E-state index is 10.7. The summed E-state index contributed by atoms with van der Waals surface area (Å²) in [4.78, 5) is 10.7. The second-order valence-corrected chi connectivity index (χ2v) is 5.45. The van der Waals surface area contributed by atoms with E-state index >= 15 is 0 Å². The summed E-state index contributed by atoms with van der Waals surface area (Å²) in [5.41, 5.74) is 4.95. The van der Waals surface area contributed by atoms with Gasteiger partial charge in [0.2, 0.25) is 0 Å². The van der Waals surface area contributed by atoms with Gasteiger partial charge >= 0.3 is 6.03 Å². The third-order valence-electron chi connectivity index (χ3n) is 3.30. The Kier molecular flexibility index (Phi) is 4.94. The van der Waals surface area contributed by atoms with E-state index in [4.69, 9.17) is 22.1 Å². The summed E-state index contributed by atoms with van der Waals surface area (Å²) in [6, 6.07) is 5.72. The maximum Gasteiger partial charge on any atom is 0.339 e. The van der Waals surface area contributed by atoms with Gasteiger partial charge in [0.25, 0.3) is 0 Å². The Hall–Kier alpha value is -1.90. The van der Waals surface area contributed by atoms with Crippen LogP contribution in [0.4, 0.5) is 4.79 Å². The molecule has 0 spiro atoms. The minimum absolute atomic E-state index is 0.141. The minimum atomic E-state index is -0.908. The fourth-order valence-electron chi connectivity index (χ4n) is 1.98. The van der Waals surface area contributed by atoms with Gasteiger partial charge < -0.3 is 10.5 Å². The largest absolute Gasteiger partial charge is 0.490 e. The summed E-state index contributed by atoms with van der Waals surface area (Å²) in [6.07, 6.45) is 1.79. The van der Waals surface area contributed by atoms with Gasteiger partial charge in [-0.1, -0.05) is 23.4 Å². The Balaban J connectivity index is 1.77. The molecule has 3 N–H and O–H groups in total. The number of amides is 2. The Morgan fingerprint density at radius 1 is 1.48 bits per heavy atom. The average molecular weight is 309 g/mol. The first-order chi connectivity index (χ1) is 9.95. The number of ether oxygens (including phenoxy) is 1. The molecule has 112 valence electrons. The summed E-state index contributed by atoms with van der Waals surface area (Å²) < 4.78 is 5.77. The van der Waals surface area contributed by atoms with E-state index in [1.807, 2.05) is 12.1 Å². The van der Waals surface area contributed by atoms with Crippen LogP contribution in [0.3, 0.4) is 0 Å². The molecular formula is C15H17ClN2O3. The highest BCUT2D eigenvalue weighted by Gasteiger charge is 2.29. The van der Waals surface area contributed by atoms with Gasteiger partial charge in [0.1, 0.15) is 17.9 Å². The third-order valence-corrected chi connectivity index (χ3v) is 3.55. The number of benzene rings is 1. The smallest absolute Gasteiger partial charge is 0.339 e. The average Bonchev–Trinajstić information content (AvgIpc) is 2.41. The quantitative estimate of drug-likeness (QED) is 0.512. The fraction of sp³-hybridized carbons (Fsp3) is 0.400. The van der Waals surface area contributed by atoms with Crippen molar-refractivity contribution in [3.63, 3.8) is 0 Å². The van der Waals surface area contributed by atoms with E-state index < -0.39 is 12.1 Å². The van der Waals surface area contributed by atoms with Crippen LogP contribution >= 0.6 is 11.6 Å². The number of hydroxylamine groups is 2. The van der Waals surface area contributed by atoms with Crippen LogP contribution in [0.5, 0.6) is 5.75 Å². The first-order valence-electron chi connectivity index (χ1n) is 6.66. The third kappa shape index (κ3) is 4.28. The molecule has 1 unspecified atom stereocenters. The van der Waals surface area contributed by atoms with E-state index in [2.05, 4.69) is 11.8 Å². The standard InChI is InChI=1S/C15H17ClN2O3/c1-10(18(20)15(17)19)2-3-11-8-14(9-11)21-13-6-4-12(16)5-7-13/h4-7,10-11,14,20H,8-9H2,1H3,(H2,17,19)/t10?,11-,14+. The number of nitrogens with two attached hydrogens (primary N) is 1. The van der Waals surface area contributed by atoms with Gasteiger partial charge in [0.05, 0.1) is 0 Å². The van der Waals surface area contributed by atoms with Crippen LogP contribution in [0.1, 0.15) is 19.8 Å². The molecule has 0 radical (unpaired) electrons. The van der Waals surface area contributed by atoms with Gasteiger partial charge in [0.15, 0.2) is 0 Å². The molecule has 0 heterocycles. The van der Waals surface area contributed by atoms with E-state index in [9.17, 15) is 10.0 Å². The highest BCUT2D eigenvalue weighted by atomic mass is 35.5. The van der Waals surface area contributed by atoms with Crippen molar-refractivity contribution in [2.45, 2.75) is 31.9 Å². The van der Waals surface area contributed by atoms with Gasteiger partial charge in [-0.2, -0.15) is 5.06 Å². The molecule has 0 aliphatic heterocycles. The van der Waals surface area contributed by atoms with Crippen LogP contribution in [0.2, 0.25) is 5.02 Å². The lowest BCUT2D eigenvalue weighted by Crippen LogP contribution is -2.39. The van der Waals surface area contributed by atoms with Crippen molar-refractivity contribution in [1.82, 2.24) is 5.06 Å². The first kappa shape index (κ1) is 15.5. The van der Waals surface area contributed by atoms with Gasteiger partial charge in [0, 0.05) is 10.9 Å². The van der Waals surface area contributed by atoms with Gasteiger partial charge in [-0.25, -0.2) is 4.79 Å². The molecule has 2 amide bonds. The fourth-order valence-corrected chi connectivity index (χ4v) is 2.10. The van der Waals surface area contributed by atoms with E-state index in [-0.39, 0.29) is 12.0 Å². The van der Waals surface area contributed by atoms with Gasteiger partial charge in [-0.05, 0) is 44.0 Å². The van der Waals surface area contributed by atoms with Gasteiger partial charge in [-0.3, -0.25) is 5.21 Å². The lowest BCUT2D eigenvalue weighted by atomic mass is 9.82. The van der Waals surface area contributed by atoms with Crippen molar-refractivity contribution in [2.75, 3.05) is 0 Å². The molecule has 1 aromatic carbocycles. The van der Waals surface area contributed by atoms with E-state index in [1.54, 1.807) is 19.1 Å². The molecule has 2 rings (SSSR count). The Morgan fingerprint density at radius 3 is 2.67 bits per heavy atom. The van der Waals surface area contributed by atoms with Crippen molar-refractivity contribution < 1.29 is 14.7 Å². The molecular weight excluding hydrogens is 292 g/mol. The number of nitrogens with zero attached hydrogens (tertiary/aromatic N) is 1. The van der Waals surface area contributed by atoms with E-state index in [0.717, 1.165) is 18.6 Å². The van der Waals surface area contributed by atoms with E-state index in [0.29, 0.717) is 10.1 Å². The predicted octanol–water partition coefficient (Wildman–Crippen LogP) is 2.66. The van der Waals surface area contributed by atoms with Crippen molar-refractivity contribution in [1.29, 1.82) is 0 Å². The number of hydrogen-bond acceptors (Lipinski definition) is 3. The number of hydrogen-bond donors (Lipinski definition) is 2. The normalized spacial score (nSPS) is 21.5. The molecule has 1 fully saturated rings. The summed E-state index contributed by atoms with van der Waals surface area (Å²) in [6.45, 7) is 1.61. The molecule has 0 aromatic heterocycles. The molecule has 1 aliphatic carbocycles. The highest BCUT2D eigenvalue weighted by Crippen LogP contribution is 2.31. The van der Waals surface area contributed by atoms with Crippen LogP contribution in [0, 0.1) is 17.8 Å². The predicted molar refractivity (Wildman–Crippen MR) is 79.0 cm³/mol. The van der Waals surface area contributed by atoms with Crippen molar-refractivity contribution >= 4 is 17.6 Å². The molecule has 21 heavy (non-hydrogen) atoms.